The summed E-state index contributed by atoms with van der Waals surface area (Å²) in [6, 6.07) is 0. The highest BCUT2D eigenvalue weighted by Crippen LogP contribution is 2.12. The zero-order chi connectivity index (χ0) is 5.98. The summed E-state index contributed by atoms with van der Waals surface area (Å²) in [5.74, 6) is 0. The molecular formula is C6H7BrN. The van der Waals surface area contributed by atoms with Gasteiger partial charge in [-0.1, -0.05) is 15.9 Å². The Kier molecular flexibility index (Phi) is 1.73. The molecule has 2 heteroatoms. The van der Waals surface area contributed by atoms with E-state index in [1.54, 1.807) is 0 Å². The largest absolute Gasteiger partial charge is 0.386 e. The van der Waals surface area contributed by atoms with Gasteiger partial charge in [0.05, 0.1) is 0 Å². The Morgan fingerprint density at radius 1 is 1.88 bits per heavy atom. The van der Waals surface area contributed by atoms with Gasteiger partial charge in [-0.2, -0.15) is 0 Å². The lowest BCUT2D eigenvalue weighted by Crippen LogP contribution is -2.11. The van der Waals surface area contributed by atoms with E-state index in [0.717, 1.165) is 6.54 Å². The number of hydrogen-bond donors (Lipinski definition) is 1. The number of dihydropyridines is 1. The third kappa shape index (κ3) is 1.13. The summed E-state index contributed by atoms with van der Waals surface area (Å²) in [5.41, 5.74) is 1.18. The monoisotopic (exact) mass is 172 g/mol. The summed E-state index contributed by atoms with van der Waals surface area (Å²) < 4.78 is 1.19. The predicted molar refractivity (Wildman–Crippen MR) is 37.4 cm³/mol. The molecule has 8 heavy (non-hydrogen) atoms. The minimum absolute atomic E-state index is 0.902. The summed E-state index contributed by atoms with van der Waals surface area (Å²) in [6.07, 6.45) is 4.86. The molecule has 1 aliphatic rings. The smallest absolute Gasteiger partial charge is 0.0463 e. The summed E-state index contributed by atoms with van der Waals surface area (Å²) in [5, 5.41) is 3.02. The van der Waals surface area contributed by atoms with Gasteiger partial charge in [-0.05, 0) is 12.5 Å². The molecule has 0 aromatic carbocycles. The number of nitrogens with one attached hydrogen (secondary N) is 1. The SMILES string of the molecule is CC1=C(Br)CNC=[C]1. The lowest BCUT2D eigenvalue weighted by Gasteiger charge is -2.06. The van der Waals surface area contributed by atoms with Crippen LogP contribution in [0.2, 0.25) is 0 Å². The van der Waals surface area contributed by atoms with Gasteiger partial charge in [0.15, 0.2) is 0 Å². The molecule has 1 aliphatic heterocycles. The van der Waals surface area contributed by atoms with Crippen molar-refractivity contribution in [1.82, 2.24) is 5.32 Å². The van der Waals surface area contributed by atoms with Crippen molar-refractivity contribution in [1.29, 1.82) is 0 Å². The minimum atomic E-state index is 0.902. The molecule has 0 atom stereocenters. The highest BCUT2D eigenvalue weighted by Gasteiger charge is 1.97. The Labute approximate surface area is 57.6 Å². The number of allylic oxidation sites excluding steroid dienone is 2. The highest BCUT2D eigenvalue weighted by molar-refractivity contribution is 9.11. The second-order valence-electron chi connectivity index (χ2n) is 1.70. The molecule has 0 aromatic heterocycles. The van der Waals surface area contributed by atoms with Gasteiger partial charge in [0.2, 0.25) is 0 Å². The Bertz CT molecular complexity index is 147. The van der Waals surface area contributed by atoms with Gasteiger partial charge in [-0.3, -0.25) is 0 Å². The van der Waals surface area contributed by atoms with Crippen molar-refractivity contribution < 1.29 is 0 Å². The molecule has 0 amide bonds. The first kappa shape index (κ1) is 5.89. The van der Waals surface area contributed by atoms with E-state index in [-0.39, 0.29) is 0 Å². The lowest BCUT2D eigenvalue weighted by atomic mass is 10.2. The molecule has 0 saturated heterocycles. The van der Waals surface area contributed by atoms with E-state index in [4.69, 9.17) is 0 Å². The van der Waals surface area contributed by atoms with Crippen molar-refractivity contribution in [3.63, 3.8) is 0 Å². The summed E-state index contributed by atoms with van der Waals surface area (Å²) in [4.78, 5) is 0. The predicted octanol–water partition coefficient (Wildman–Crippen LogP) is 1.58. The minimum Gasteiger partial charge on any atom is -0.386 e. The van der Waals surface area contributed by atoms with Gasteiger partial charge in [-0.15, -0.1) is 0 Å². The number of rotatable bonds is 0. The fourth-order valence-corrected chi connectivity index (χ4v) is 0.787. The van der Waals surface area contributed by atoms with E-state index in [1.807, 2.05) is 13.1 Å². The van der Waals surface area contributed by atoms with Crippen molar-refractivity contribution in [2.45, 2.75) is 6.92 Å². The fourth-order valence-electron chi connectivity index (χ4n) is 0.511. The van der Waals surface area contributed by atoms with Crippen LogP contribution in [0.5, 0.6) is 0 Å². The second kappa shape index (κ2) is 2.35. The molecule has 1 nitrogen and oxygen atoms in total. The van der Waals surface area contributed by atoms with Crippen molar-refractivity contribution in [3.05, 3.63) is 22.3 Å². The van der Waals surface area contributed by atoms with Crippen molar-refractivity contribution >= 4 is 15.9 Å². The van der Waals surface area contributed by atoms with Crippen LogP contribution < -0.4 is 5.32 Å². The van der Waals surface area contributed by atoms with Crippen LogP contribution in [0.25, 0.3) is 0 Å². The van der Waals surface area contributed by atoms with Crippen LogP contribution in [0.1, 0.15) is 6.92 Å². The molecule has 0 unspecified atom stereocenters. The fraction of sp³-hybridized carbons (Fsp3) is 0.333. The normalized spacial score (nSPS) is 18.8. The van der Waals surface area contributed by atoms with Crippen molar-refractivity contribution in [2.75, 3.05) is 6.54 Å². The quantitative estimate of drug-likeness (QED) is 0.586. The van der Waals surface area contributed by atoms with E-state index < -0.39 is 0 Å². The Balaban J connectivity index is 2.76. The first-order valence-corrected chi connectivity index (χ1v) is 3.27. The van der Waals surface area contributed by atoms with Crippen LogP contribution in [0.15, 0.2) is 16.3 Å². The molecule has 43 valence electrons. The Morgan fingerprint density at radius 2 is 2.62 bits per heavy atom. The van der Waals surface area contributed by atoms with E-state index in [0.29, 0.717) is 0 Å². The van der Waals surface area contributed by atoms with E-state index in [9.17, 15) is 0 Å². The van der Waals surface area contributed by atoms with Crippen LogP contribution >= 0.6 is 15.9 Å². The molecule has 0 saturated carbocycles. The van der Waals surface area contributed by atoms with Crippen molar-refractivity contribution in [3.8, 4) is 0 Å². The molecule has 1 radical (unpaired) electrons. The molecule has 1 N–H and O–H groups in total. The first-order chi connectivity index (χ1) is 3.80. The zero-order valence-electron chi connectivity index (χ0n) is 4.66. The number of hydrogen-bond acceptors (Lipinski definition) is 1. The Hall–Kier alpha value is -0.240. The van der Waals surface area contributed by atoms with Gasteiger partial charge >= 0.3 is 0 Å². The van der Waals surface area contributed by atoms with Gasteiger partial charge in [0, 0.05) is 23.3 Å². The lowest BCUT2D eigenvalue weighted by molar-refractivity contribution is 0.942. The average molecular weight is 173 g/mol. The van der Waals surface area contributed by atoms with Gasteiger partial charge in [0.1, 0.15) is 0 Å². The van der Waals surface area contributed by atoms with Crippen LogP contribution in [-0.4, -0.2) is 6.54 Å². The van der Waals surface area contributed by atoms with E-state index in [1.165, 1.54) is 10.1 Å². The summed E-state index contributed by atoms with van der Waals surface area (Å²) in [6.45, 7) is 2.93. The molecule has 0 bridgehead atoms. The molecule has 0 spiro atoms. The van der Waals surface area contributed by atoms with Gasteiger partial charge in [0.25, 0.3) is 0 Å². The van der Waals surface area contributed by atoms with Gasteiger partial charge < -0.3 is 5.32 Å². The summed E-state index contributed by atoms with van der Waals surface area (Å²) in [7, 11) is 0. The van der Waals surface area contributed by atoms with E-state index in [2.05, 4.69) is 27.3 Å². The Morgan fingerprint density at radius 3 is 3.00 bits per heavy atom. The molecule has 0 fully saturated rings. The maximum absolute atomic E-state index is 3.39. The third-order valence-electron chi connectivity index (χ3n) is 1.05. The molecule has 1 heterocycles. The second-order valence-corrected chi connectivity index (χ2v) is 2.66. The maximum Gasteiger partial charge on any atom is 0.0463 e. The van der Waals surface area contributed by atoms with Crippen LogP contribution in [0.3, 0.4) is 0 Å². The van der Waals surface area contributed by atoms with Crippen molar-refractivity contribution in [2.24, 2.45) is 0 Å². The standard InChI is InChI=1S/C6H7BrN/c1-5-2-3-8-4-6(5)7/h3,8H,4H2,1H3. The highest BCUT2D eigenvalue weighted by atomic mass is 79.9. The van der Waals surface area contributed by atoms with Gasteiger partial charge in [-0.25, -0.2) is 0 Å². The third-order valence-corrected chi connectivity index (χ3v) is 1.93. The molecule has 0 aliphatic carbocycles. The van der Waals surface area contributed by atoms with E-state index >= 15 is 0 Å². The topological polar surface area (TPSA) is 12.0 Å². The first-order valence-electron chi connectivity index (χ1n) is 2.47. The maximum atomic E-state index is 3.39. The average Bonchev–Trinajstić information content (AvgIpc) is 1.77. The van der Waals surface area contributed by atoms with Crippen LogP contribution in [0.4, 0.5) is 0 Å². The summed E-state index contributed by atoms with van der Waals surface area (Å²) >= 11 is 3.39. The molecule has 1 rings (SSSR count). The zero-order valence-corrected chi connectivity index (χ0v) is 6.25. The number of halogens is 1. The van der Waals surface area contributed by atoms with Crippen LogP contribution in [0, 0.1) is 6.08 Å². The molecule has 0 aromatic rings. The van der Waals surface area contributed by atoms with Crippen LogP contribution in [-0.2, 0) is 0 Å². The molecular weight excluding hydrogens is 166 g/mol.